The van der Waals surface area contributed by atoms with Crippen LogP contribution in [0.25, 0.3) is 32.9 Å². The molecule has 3 atom stereocenters. The maximum Gasteiger partial charge on any atom is 0.319 e. The second kappa shape index (κ2) is 9.25. The van der Waals surface area contributed by atoms with E-state index in [1.807, 2.05) is 30.3 Å². The molecule has 9 nitrogen and oxygen atoms in total. The molecule has 3 aliphatic rings. The molecule has 0 saturated carbocycles. The summed E-state index contributed by atoms with van der Waals surface area (Å²) < 4.78 is 6.20. The number of aromatic amines is 1. The molecule has 2 aromatic carbocycles. The van der Waals surface area contributed by atoms with Crippen LogP contribution in [-0.4, -0.2) is 76.4 Å². The second-order valence-corrected chi connectivity index (χ2v) is 10.9. The predicted octanol–water partition coefficient (Wildman–Crippen LogP) is 3.26. The molecule has 3 N–H and O–H groups in total. The minimum absolute atomic E-state index is 0.113. The number of rotatable bonds is 5. The van der Waals surface area contributed by atoms with Crippen molar-refractivity contribution < 1.29 is 9.84 Å². The highest BCUT2D eigenvalue weighted by molar-refractivity contribution is 5.99. The molecule has 4 aromatic rings. The molecule has 9 heteroatoms. The van der Waals surface area contributed by atoms with Gasteiger partial charge in [0.25, 0.3) is 5.56 Å². The fraction of sp³-hybridized carbons (Fsp3) is 0.414. The van der Waals surface area contributed by atoms with Crippen LogP contribution in [0.5, 0.6) is 11.8 Å². The molecule has 7 rings (SSSR count). The highest BCUT2D eigenvalue weighted by Crippen LogP contribution is 2.34. The van der Waals surface area contributed by atoms with Crippen LogP contribution in [0, 0.1) is 0 Å². The van der Waals surface area contributed by atoms with Crippen molar-refractivity contribution in [2.24, 2.45) is 0 Å². The van der Waals surface area contributed by atoms with E-state index < -0.39 is 0 Å². The fourth-order valence-electron chi connectivity index (χ4n) is 6.39. The van der Waals surface area contributed by atoms with Crippen molar-refractivity contribution in [3.63, 3.8) is 0 Å². The zero-order valence-corrected chi connectivity index (χ0v) is 21.5. The second-order valence-electron chi connectivity index (χ2n) is 10.9. The Morgan fingerprint density at radius 2 is 1.87 bits per heavy atom. The van der Waals surface area contributed by atoms with Gasteiger partial charge in [-0.05, 0) is 73.8 Å². The molecule has 0 amide bonds. The van der Waals surface area contributed by atoms with Crippen LogP contribution in [0.2, 0.25) is 0 Å². The Morgan fingerprint density at radius 1 is 1.05 bits per heavy atom. The molecule has 0 aliphatic carbocycles. The van der Waals surface area contributed by atoms with E-state index >= 15 is 0 Å². The molecule has 0 radical (unpaired) electrons. The number of anilines is 1. The quantitative estimate of drug-likeness (QED) is 0.374. The largest absolute Gasteiger partial charge is 0.508 e. The average Bonchev–Trinajstić information content (AvgIpc) is 3.49. The Hall–Kier alpha value is -3.69. The van der Waals surface area contributed by atoms with Crippen molar-refractivity contribution in [3.8, 4) is 22.9 Å². The smallest absolute Gasteiger partial charge is 0.319 e. The minimum Gasteiger partial charge on any atom is -0.508 e. The molecular formula is C29H32N6O3. The number of benzene rings is 2. The Kier molecular flexibility index (Phi) is 5.70. The van der Waals surface area contributed by atoms with Gasteiger partial charge in [-0.25, -0.2) is 0 Å². The van der Waals surface area contributed by atoms with Crippen LogP contribution in [0.15, 0.2) is 47.3 Å². The van der Waals surface area contributed by atoms with Crippen molar-refractivity contribution in [2.45, 2.75) is 43.8 Å². The van der Waals surface area contributed by atoms with Gasteiger partial charge < -0.3 is 29.9 Å². The predicted molar refractivity (Wildman–Crippen MR) is 148 cm³/mol. The Balaban J connectivity index is 1.36. The van der Waals surface area contributed by atoms with E-state index in [-0.39, 0.29) is 11.3 Å². The number of likely N-dealkylation sites (N-methyl/N-ethyl adjacent to an activating group) is 1. The van der Waals surface area contributed by atoms with Crippen LogP contribution in [0.4, 0.5) is 5.82 Å². The first-order chi connectivity index (χ1) is 18.5. The molecule has 0 spiro atoms. The lowest BCUT2D eigenvalue weighted by atomic mass is 9.98. The molecule has 38 heavy (non-hydrogen) atoms. The van der Waals surface area contributed by atoms with Crippen LogP contribution in [0.1, 0.15) is 25.7 Å². The van der Waals surface area contributed by atoms with Crippen molar-refractivity contribution in [1.82, 2.24) is 25.2 Å². The minimum atomic E-state index is -0.238. The summed E-state index contributed by atoms with van der Waals surface area (Å²) in [7, 11) is 2.13. The lowest BCUT2D eigenvalue weighted by molar-refractivity contribution is 0.188. The lowest BCUT2D eigenvalue weighted by Gasteiger charge is -2.34. The molecule has 196 valence electrons. The number of nitrogens with zero attached hydrogens (tertiary/aromatic N) is 4. The van der Waals surface area contributed by atoms with Gasteiger partial charge in [0.05, 0.1) is 5.52 Å². The number of likely N-dealkylation sites (tertiary alicyclic amines) is 1. The molecule has 3 saturated heterocycles. The van der Waals surface area contributed by atoms with Gasteiger partial charge in [0.1, 0.15) is 17.9 Å². The van der Waals surface area contributed by atoms with Crippen molar-refractivity contribution in [1.29, 1.82) is 0 Å². The first-order valence-corrected chi connectivity index (χ1v) is 13.5. The number of hydrogen-bond acceptors (Lipinski definition) is 8. The zero-order chi connectivity index (χ0) is 25.8. The van der Waals surface area contributed by atoms with Crippen LogP contribution in [0.3, 0.4) is 0 Å². The Labute approximate surface area is 220 Å². The topological polar surface area (TPSA) is 107 Å². The number of nitrogens with one attached hydrogen (secondary N) is 2. The number of aromatic hydroxyl groups is 1. The van der Waals surface area contributed by atoms with Gasteiger partial charge in [-0.1, -0.05) is 24.3 Å². The number of piperazine rings is 1. The summed E-state index contributed by atoms with van der Waals surface area (Å²) in [6.07, 6.45) is 4.56. The van der Waals surface area contributed by atoms with Gasteiger partial charge in [0, 0.05) is 36.8 Å². The van der Waals surface area contributed by atoms with E-state index in [9.17, 15) is 9.90 Å². The van der Waals surface area contributed by atoms with E-state index in [0.29, 0.717) is 58.7 Å². The molecular weight excluding hydrogens is 480 g/mol. The summed E-state index contributed by atoms with van der Waals surface area (Å²) in [6, 6.07) is 14.4. The lowest BCUT2D eigenvalue weighted by Crippen LogP contribution is -2.51. The van der Waals surface area contributed by atoms with Gasteiger partial charge in [-0.15, -0.1) is 0 Å². The summed E-state index contributed by atoms with van der Waals surface area (Å²) in [5, 5.41) is 15.8. The third kappa shape index (κ3) is 4.16. The SMILES string of the molecule is CN1CCC[C@H]1COc1nc(N2CC3CCC(C2)N3)c2[nH]c(=O)c(-c3cc(O)cc4ccccc34)cc2n1. The molecule has 2 unspecified atom stereocenters. The maximum absolute atomic E-state index is 13.5. The van der Waals surface area contributed by atoms with Crippen LogP contribution < -0.4 is 20.5 Å². The monoisotopic (exact) mass is 512 g/mol. The number of phenolic OH excluding ortho intramolecular Hbond substituents is 1. The van der Waals surface area contributed by atoms with E-state index in [4.69, 9.17) is 14.7 Å². The third-order valence-electron chi connectivity index (χ3n) is 8.39. The van der Waals surface area contributed by atoms with Gasteiger partial charge in [0.15, 0.2) is 5.82 Å². The standard InChI is InChI=1S/C29H32N6O3/c1-34-10-4-6-20(34)16-38-29-31-25-13-24(23-12-21(36)11-17-5-2-3-7-22(17)23)28(37)32-26(25)27(33-29)35-14-18-8-9-19(15-35)30-18/h2-3,5,7,11-13,18-20,30,36H,4,6,8-10,14-16H2,1H3,(H,32,37)/t18?,19?,20-/m0/s1. The van der Waals surface area contributed by atoms with Gasteiger partial charge in [-0.3, -0.25) is 4.79 Å². The Bertz CT molecular complexity index is 1570. The number of phenols is 1. The summed E-state index contributed by atoms with van der Waals surface area (Å²) >= 11 is 0. The third-order valence-corrected chi connectivity index (χ3v) is 8.39. The first-order valence-electron chi connectivity index (χ1n) is 13.5. The highest BCUT2D eigenvalue weighted by atomic mass is 16.5. The number of hydrogen-bond donors (Lipinski definition) is 3. The van der Waals surface area contributed by atoms with Crippen molar-refractivity contribution in [3.05, 3.63) is 52.8 Å². The van der Waals surface area contributed by atoms with E-state index in [1.165, 1.54) is 6.42 Å². The van der Waals surface area contributed by atoms with Gasteiger partial charge >= 0.3 is 6.01 Å². The average molecular weight is 513 g/mol. The molecule has 2 bridgehead atoms. The first kappa shape index (κ1) is 23.4. The Morgan fingerprint density at radius 3 is 2.66 bits per heavy atom. The number of ether oxygens (including phenoxy) is 1. The van der Waals surface area contributed by atoms with E-state index in [2.05, 4.69) is 27.1 Å². The van der Waals surface area contributed by atoms with E-state index in [0.717, 1.165) is 49.7 Å². The van der Waals surface area contributed by atoms with Gasteiger partial charge in [0.2, 0.25) is 0 Å². The normalized spacial score (nSPS) is 23.5. The van der Waals surface area contributed by atoms with Gasteiger partial charge in [-0.2, -0.15) is 9.97 Å². The molecule has 2 aromatic heterocycles. The number of H-pyrrole nitrogens is 1. The number of aromatic nitrogens is 3. The molecule has 3 aliphatic heterocycles. The number of pyridine rings is 1. The van der Waals surface area contributed by atoms with Crippen molar-refractivity contribution >= 4 is 27.6 Å². The van der Waals surface area contributed by atoms with E-state index in [1.54, 1.807) is 12.1 Å². The number of fused-ring (bicyclic) bond motifs is 4. The molecule has 3 fully saturated rings. The highest BCUT2D eigenvalue weighted by Gasteiger charge is 2.34. The maximum atomic E-state index is 13.5. The van der Waals surface area contributed by atoms with Crippen LogP contribution in [-0.2, 0) is 0 Å². The fourth-order valence-corrected chi connectivity index (χ4v) is 6.39. The summed E-state index contributed by atoms with van der Waals surface area (Å²) in [6.45, 7) is 3.26. The summed E-state index contributed by atoms with van der Waals surface area (Å²) in [4.78, 5) is 30.8. The summed E-state index contributed by atoms with van der Waals surface area (Å²) in [5.74, 6) is 0.829. The molecule has 5 heterocycles. The van der Waals surface area contributed by atoms with Crippen molar-refractivity contribution in [2.75, 3.05) is 38.2 Å². The summed E-state index contributed by atoms with van der Waals surface area (Å²) in [5.41, 5.74) is 2.13. The zero-order valence-electron chi connectivity index (χ0n) is 21.5. The van der Waals surface area contributed by atoms with Crippen LogP contribution >= 0.6 is 0 Å².